The van der Waals surface area contributed by atoms with Gasteiger partial charge in [-0.25, -0.2) is 8.78 Å². The predicted molar refractivity (Wildman–Crippen MR) is 62.4 cm³/mol. The molecule has 0 radical (unpaired) electrons. The number of piperidine rings is 1. The maximum Gasteiger partial charge on any atom is 0.317 e. The van der Waals surface area contributed by atoms with Crippen LogP contribution in [-0.2, 0) is 4.79 Å². The van der Waals surface area contributed by atoms with Crippen molar-refractivity contribution in [3.05, 3.63) is 35.4 Å². The fourth-order valence-electron chi connectivity index (χ4n) is 2.43. The highest BCUT2D eigenvalue weighted by molar-refractivity contribution is 5.69. The number of hydrogen-bond acceptors (Lipinski definition) is 2. The average Bonchev–Trinajstić information content (AvgIpc) is 2.27. The van der Waals surface area contributed by atoms with Crippen LogP contribution < -0.4 is 0 Å². The molecule has 0 aliphatic carbocycles. The largest absolute Gasteiger partial charge is 0.480 e. The summed E-state index contributed by atoms with van der Waals surface area (Å²) in [4.78, 5) is 12.4. The Morgan fingerprint density at radius 3 is 2.28 bits per heavy atom. The summed E-state index contributed by atoms with van der Waals surface area (Å²) >= 11 is 0. The number of rotatable bonds is 3. The van der Waals surface area contributed by atoms with Crippen LogP contribution in [0.4, 0.5) is 8.78 Å². The zero-order chi connectivity index (χ0) is 13.1. The molecule has 0 saturated carbocycles. The second-order valence-corrected chi connectivity index (χ2v) is 4.65. The van der Waals surface area contributed by atoms with Gasteiger partial charge in [0.1, 0.15) is 11.6 Å². The molecule has 0 atom stereocenters. The molecule has 1 heterocycles. The van der Waals surface area contributed by atoms with E-state index in [1.165, 1.54) is 12.1 Å². The third kappa shape index (κ3) is 3.26. The second kappa shape index (κ2) is 5.44. The molecule has 0 bridgehead atoms. The van der Waals surface area contributed by atoms with Gasteiger partial charge in [-0.3, -0.25) is 9.69 Å². The van der Waals surface area contributed by atoms with Crippen LogP contribution in [-0.4, -0.2) is 35.6 Å². The Kier molecular flexibility index (Phi) is 3.91. The number of halogens is 2. The van der Waals surface area contributed by atoms with Crippen LogP contribution >= 0.6 is 0 Å². The summed E-state index contributed by atoms with van der Waals surface area (Å²) < 4.78 is 26.2. The number of carbonyl (C=O) groups is 1. The van der Waals surface area contributed by atoms with Gasteiger partial charge in [-0.2, -0.15) is 0 Å². The number of carboxylic acid groups (broad SMARTS) is 1. The minimum atomic E-state index is -0.842. The molecule has 5 heteroatoms. The van der Waals surface area contributed by atoms with Gasteiger partial charge < -0.3 is 5.11 Å². The minimum absolute atomic E-state index is 0.0320. The lowest BCUT2D eigenvalue weighted by Gasteiger charge is -2.31. The fourth-order valence-corrected chi connectivity index (χ4v) is 2.43. The molecule has 0 spiro atoms. The van der Waals surface area contributed by atoms with E-state index in [9.17, 15) is 13.6 Å². The molecule has 1 aromatic carbocycles. The summed E-state index contributed by atoms with van der Waals surface area (Å²) in [5, 5.41) is 8.68. The van der Waals surface area contributed by atoms with E-state index in [-0.39, 0.29) is 12.5 Å². The van der Waals surface area contributed by atoms with E-state index in [2.05, 4.69) is 0 Å². The standard InChI is InChI=1S/C13H15F2NO2/c14-11-5-10(6-12(15)7-11)9-1-3-16(4-2-9)8-13(17)18/h5-7,9H,1-4,8H2,(H,17,18). The molecule has 3 nitrogen and oxygen atoms in total. The van der Waals surface area contributed by atoms with E-state index < -0.39 is 17.6 Å². The maximum atomic E-state index is 13.1. The summed E-state index contributed by atoms with van der Waals surface area (Å²) in [5.41, 5.74) is 0.669. The third-order valence-electron chi connectivity index (χ3n) is 3.30. The molecule has 1 aliphatic rings. The summed E-state index contributed by atoms with van der Waals surface area (Å²) in [5.74, 6) is -1.85. The highest BCUT2D eigenvalue weighted by atomic mass is 19.1. The van der Waals surface area contributed by atoms with Crippen molar-refractivity contribution in [3.63, 3.8) is 0 Å². The number of nitrogens with zero attached hydrogens (tertiary/aromatic N) is 1. The quantitative estimate of drug-likeness (QED) is 0.900. The second-order valence-electron chi connectivity index (χ2n) is 4.65. The number of likely N-dealkylation sites (tertiary alicyclic amines) is 1. The summed E-state index contributed by atoms with van der Waals surface area (Å²) in [6.45, 7) is 1.33. The highest BCUT2D eigenvalue weighted by Crippen LogP contribution is 2.28. The molecule has 1 fully saturated rings. The molecule has 1 saturated heterocycles. The lowest BCUT2D eigenvalue weighted by atomic mass is 9.89. The highest BCUT2D eigenvalue weighted by Gasteiger charge is 2.22. The molecule has 0 unspecified atom stereocenters. The SMILES string of the molecule is O=C(O)CN1CCC(c2cc(F)cc(F)c2)CC1. The monoisotopic (exact) mass is 255 g/mol. The molecule has 0 aromatic heterocycles. The van der Waals surface area contributed by atoms with Crippen LogP contribution in [0.25, 0.3) is 0 Å². The van der Waals surface area contributed by atoms with Crippen LogP contribution in [0.2, 0.25) is 0 Å². The summed E-state index contributed by atoms with van der Waals surface area (Å²) in [7, 11) is 0. The van der Waals surface area contributed by atoms with Crippen molar-refractivity contribution in [1.82, 2.24) is 4.90 Å². The van der Waals surface area contributed by atoms with Crippen molar-refractivity contribution in [2.75, 3.05) is 19.6 Å². The number of aliphatic carboxylic acids is 1. The Labute approximate surface area is 104 Å². The van der Waals surface area contributed by atoms with Crippen molar-refractivity contribution in [1.29, 1.82) is 0 Å². The van der Waals surface area contributed by atoms with E-state index in [1.54, 1.807) is 0 Å². The molecule has 1 aliphatic heterocycles. The minimum Gasteiger partial charge on any atom is -0.480 e. The normalized spacial score (nSPS) is 17.9. The van der Waals surface area contributed by atoms with Gasteiger partial charge in [0.2, 0.25) is 0 Å². The lowest BCUT2D eigenvalue weighted by Crippen LogP contribution is -2.36. The Balaban J connectivity index is 1.98. The molecule has 98 valence electrons. The smallest absolute Gasteiger partial charge is 0.317 e. The van der Waals surface area contributed by atoms with E-state index in [4.69, 9.17) is 5.11 Å². The van der Waals surface area contributed by atoms with Crippen molar-refractivity contribution in [3.8, 4) is 0 Å². The number of benzene rings is 1. The van der Waals surface area contributed by atoms with Crippen LogP contribution in [0.5, 0.6) is 0 Å². The van der Waals surface area contributed by atoms with Gasteiger partial charge in [-0.05, 0) is 49.5 Å². The molecule has 18 heavy (non-hydrogen) atoms. The van der Waals surface area contributed by atoms with Gasteiger partial charge in [0.15, 0.2) is 0 Å². The Bertz CT molecular complexity index is 422. The van der Waals surface area contributed by atoms with E-state index in [0.717, 1.165) is 18.9 Å². The van der Waals surface area contributed by atoms with Crippen molar-refractivity contribution in [2.24, 2.45) is 0 Å². The van der Waals surface area contributed by atoms with Gasteiger partial charge in [0.25, 0.3) is 0 Å². The first-order valence-corrected chi connectivity index (χ1v) is 5.95. The lowest BCUT2D eigenvalue weighted by molar-refractivity contribution is -0.138. The molecule has 1 N–H and O–H groups in total. The predicted octanol–water partition coefficient (Wildman–Crippen LogP) is 2.23. The van der Waals surface area contributed by atoms with Crippen molar-refractivity contribution >= 4 is 5.97 Å². The summed E-state index contributed by atoms with van der Waals surface area (Å²) in [6.07, 6.45) is 1.46. The van der Waals surface area contributed by atoms with E-state index in [1.807, 2.05) is 4.90 Å². The maximum absolute atomic E-state index is 13.1. The zero-order valence-corrected chi connectivity index (χ0v) is 9.90. The number of hydrogen-bond donors (Lipinski definition) is 1. The number of carboxylic acids is 1. The first kappa shape index (κ1) is 13.0. The molecular weight excluding hydrogens is 240 g/mol. The van der Waals surface area contributed by atoms with Crippen molar-refractivity contribution in [2.45, 2.75) is 18.8 Å². The van der Waals surface area contributed by atoms with Gasteiger partial charge >= 0.3 is 5.97 Å². The summed E-state index contributed by atoms with van der Waals surface area (Å²) in [6, 6.07) is 3.59. The molecule has 1 aromatic rings. The van der Waals surface area contributed by atoms with Crippen LogP contribution in [0, 0.1) is 11.6 Å². The van der Waals surface area contributed by atoms with Crippen LogP contribution in [0.3, 0.4) is 0 Å². The van der Waals surface area contributed by atoms with Gasteiger partial charge in [0, 0.05) is 6.07 Å². The van der Waals surface area contributed by atoms with Gasteiger partial charge in [0.05, 0.1) is 6.54 Å². The van der Waals surface area contributed by atoms with Gasteiger partial charge in [-0.1, -0.05) is 0 Å². The molecule has 2 rings (SSSR count). The average molecular weight is 255 g/mol. The Morgan fingerprint density at radius 2 is 1.78 bits per heavy atom. The van der Waals surface area contributed by atoms with E-state index in [0.29, 0.717) is 18.7 Å². The molecule has 0 amide bonds. The Hall–Kier alpha value is -1.49. The first-order valence-electron chi connectivity index (χ1n) is 5.95. The van der Waals surface area contributed by atoms with E-state index >= 15 is 0 Å². The van der Waals surface area contributed by atoms with Gasteiger partial charge in [-0.15, -0.1) is 0 Å². The first-order chi connectivity index (χ1) is 8.54. The third-order valence-corrected chi connectivity index (χ3v) is 3.30. The van der Waals surface area contributed by atoms with Crippen LogP contribution in [0.1, 0.15) is 24.3 Å². The van der Waals surface area contributed by atoms with Crippen LogP contribution in [0.15, 0.2) is 18.2 Å². The zero-order valence-electron chi connectivity index (χ0n) is 9.90. The molecular formula is C13H15F2NO2. The fraction of sp³-hybridized carbons (Fsp3) is 0.462. The Morgan fingerprint density at radius 1 is 1.22 bits per heavy atom. The topological polar surface area (TPSA) is 40.5 Å². The van der Waals surface area contributed by atoms with Crippen molar-refractivity contribution < 1.29 is 18.7 Å².